The number of esters is 1. The van der Waals surface area contributed by atoms with E-state index in [-0.39, 0.29) is 24.7 Å². The molecule has 1 amide bonds. The molecular weight excluding hydrogens is 452 g/mol. The van der Waals surface area contributed by atoms with Crippen LogP contribution in [0, 0.1) is 5.92 Å². The molecule has 186 valence electrons. The number of benzene rings is 2. The van der Waals surface area contributed by atoms with Crippen molar-refractivity contribution in [3.05, 3.63) is 77.0 Å². The van der Waals surface area contributed by atoms with Crippen LogP contribution in [0.1, 0.15) is 54.4 Å². The largest absolute Gasteiger partial charge is 0.452 e. The summed E-state index contributed by atoms with van der Waals surface area (Å²) in [6, 6.07) is 17.8. The number of carbonyl (C=O) groups is 2. The van der Waals surface area contributed by atoms with Crippen LogP contribution < -0.4 is 0 Å². The highest BCUT2D eigenvalue weighted by molar-refractivity contribution is 6.07. The Morgan fingerprint density at radius 3 is 2.44 bits per heavy atom. The van der Waals surface area contributed by atoms with Gasteiger partial charge in [0.05, 0.1) is 29.0 Å². The van der Waals surface area contributed by atoms with E-state index in [9.17, 15) is 9.59 Å². The number of carbonyl (C=O) groups excluding carboxylic acids is 2. The Labute approximate surface area is 211 Å². The number of ether oxygens (including phenoxy) is 2. The minimum Gasteiger partial charge on any atom is -0.452 e. The summed E-state index contributed by atoms with van der Waals surface area (Å²) < 4.78 is 11.4. The van der Waals surface area contributed by atoms with Gasteiger partial charge in [0, 0.05) is 18.5 Å². The zero-order valence-electron chi connectivity index (χ0n) is 21.1. The van der Waals surface area contributed by atoms with Gasteiger partial charge in [0.1, 0.15) is 0 Å². The second-order valence-corrected chi connectivity index (χ2v) is 10.1. The number of aromatic nitrogens is 1. The molecule has 3 unspecified atom stereocenters. The molecule has 0 bridgehead atoms. The molecular formula is C30H32N2O4. The van der Waals surface area contributed by atoms with E-state index in [1.807, 2.05) is 56.3 Å². The summed E-state index contributed by atoms with van der Waals surface area (Å²) in [6.07, 6.45) is 3.70. The molecule has 1 fully saturated rings. The van der Waals surface area contributed by atoms with Crippen LogP contribution in [0.25, 0.3) is 22.6 Å². The molecule has 1 aliphatic heterocycles. The van der Waals surface area contributed by atoms with Crippen molar-refractivity contribution in [2.45, 2.75) is 45.8 Å². The standard InChI is InChI=1S/C30H32N2O4/c1-19-13-23(15-22-9-5-4-6-10-22)29-25(14-19)28(24-11-7-8-12-26(24)31-29)30(34)35-18-27(33)32-16-20(2)36-21(3)17-32/h4-12,15,19-21H,13-14,16-18H2,1-3H3/b23-15+. The highest BCUT2D eigenvalue weighted by Gasteiger charge is 2.30. The van der Waals surface area contributed by atoms with Gasteiger partial charge in [-0.05, 0) is 61.4 Å². The van der Waals surface area contributed by atoms with E-state index in [1.54, 1.807) is 4.90 Å². The minimum atomic E-state index is -0.472. The maximum absolute atomic E-state index is 13.6. The number of nitrogens with zero attached hydrogens (tertiary/aromatic N) is 2. The molecule has 0 N–H and O–H groups in total. The van der Waals surface area contributed by atoms with Crippen molar-refractivity contribution in [1.82, 2.24) is 9.88 Å². The lowest BCUT2D eigenvalue weighted by atomic mass is 9.80. The fourth-order valence-corrected chi connectivity index (χ4v) is 5.39. The normalized spacial score (nSPS) is 22.9. The molecule has 36 heavy (non-hydrogen) atoms. The fourth-order valence-electron chi connectivity index (χ4n) is 5.39. The third kappa shape index (κ3) is 5.05. The van der Waals surface area contributed by atoms with Crippen molar-refractivity contribution >= 4 is 34.4 Å². The first-order valence-corrected chi connectivity index (χ1v) is 12.7. The number of amides is 1. The van der Waals surface area contributed by atoms with Crippen molar-refractivity contribution < 1.29 is 19.1 Å². The van der Waals surface area contributed by atoms with Crippen LogP contribution in [0.3, 0.4) is 0 Å². The van der Waals surface area contributed by atoms with Gasteiger partial charge in [0.15, 0.2) is 6.61 Å². The number of para-hydroxylation sites is 1. The second kappa shape index (κ2) is 10.2. The van der Waals surface area contributed by atoms with Gasteiger partial charge in [0.25, 0.3) is 5.91 Å². The summed E-state index contributed by atoms with van der Waals surface area (Å²) in [4.78, 5) is 33.1. The van der Waals surface area contributed by atoms with Gasteiger partial charge < -0.3 is 14.4 Å². The summed E-state index contributed by atoms with van der Waals surface area (Å²) in [5, 5.41) is 0.760. The van der Waals surface area contributed by atoms with Crippen molar-refractivity contribution in [2.75, 3.05) is 19.7 Å². The fraction of sp³-hybridized carbons (Fsp3) is 0.367. The first kappa shape index (κ1) is 24.2. The van der Waals surface area contributed by atoms with Gasteiger partial charge in [-0.1, -0.05) is 55.5 Å². The Balaban J connectivity index is 1.49. The summed E-state index contributed by atoms with van der Waals surface area (Å²) in [7, 11) is 0. The summed E-state index contributed by atoms with van der Waals surface area (Å²) in [5.74, 6) is -0.323. The topological polar surface area (TPSA) is 68.7 Å². The Kier molecular flexibility index (Phi) is 6.88. The predicted octanol–water partition coefficient (Wildman–Crippen LogP) is 5.15. The molecule has 2 heterocycles. The monoisotopic (exact) mass is 484 g/mol. The minimum absolute atomic E-state index is 0.0409. The molecule has 0 radical (unpaired) electrons. The Morgan fingerprint density at radius 2 is 1.69 bits per heavy atom. The molecule has 3 aromatic rings. The lowest BCUT2D eigenvalue weighted by Crippen LogP contribution is -2.49. The zero-order chi connectivity index (χ0) is 25.2. The molecule has 1 aromatic heterocycles. The van der Waals surface area contributed by atoms with Crippen molar-refractivity contribution in [1.29, 1.82) is 0 Å². The molecule has 1 saturated heterocycles. The first-order chi connectivity index (χ1) is 17.4. The summed E-state index contributed by atoms with van der Waals surface area (Å²) in [5.41, 5.74) is 5.25. The molecule has 1 aliphatic carbocycles. The highest BCUT2D eigenvalue weighted by Crippen LogP contribution is 2.38. The quantitative estimate of drug-likeness (QED) is 0.479. The Bertz CT molecular complexity index is 1310. The van der Waals surface area contributed by atoms with E-state index in [1.165, 1.54) is 0 Å². The van der Waals surface area contributed by atoms with Crippen LogP contribution in [-0.2, 0) is 20.7 Å². The molecule has 6 nitrogen and oxygen atoms in total. The lowest BCUT2D eigenvalue weighted by molar-refractivity contribution is -0.146. The number of morpholine rings is 1. The third-order valence-corrected chi connectivity index (χ3v) is 6.86. The smallest absolute Gasteiger partial charge is 0.339 e. The van der Waals surface area contributed by atoms with Crippen molar-refractivity contribution in [2.24, 2.45) is 5.92 Å². The van der Waals surface area contributed by atoms with E-state index >= 15 is 0 Å². The van der Waals surface area contributed by atoms with Crippen LogP contribution in [0.2, 0.25) is 0 Å². The van der Waals surface area contributed by atoms with Crippen LogP contribution in [0.4, 0.5) is 0 Å². The molecule has 5 rings (SSSR count). The van der Waals surface area contributed by atoms with Crippen LogP contribution >= 0.6 is 0 Å². The number of allylic oxidation sites excluding steroid dienone is 1. The number of hydrogen-bond acceptors (Lipinski definition) is 5. The van der Waals surface area contributed by atoms with Crippen LogP contribution in [-0.4, -0.2) is 53.7 Å². The maximum atomic E-state index is 13.6. The van der Waals surface area contributed by atoms with E-state index in [2.05, 4.69) is 25.1 Å². The first-order valence-electron chi connectivity index (χ1n) is 12.7. The Morgan fingerprint density at radius 1 is 1.00 bits per heavy atom. The molecule has 0 saturated carbocycles. The number of fused-ring (bicyclic) bond motifs is 2. The van der Waals surface area contributed by atoms with Crippen LogP contribution in [0.15, 0.2) is 54.6 Å². The molecule has 2 aliphatic rings. The number of pyridine rings is 1. The van der Waals surface area contributed by atoms with Gasteiger partial charge in [-0.3, -0.25) is 4.79 Å². The molecule has 2 aromatic carbocycles. The molecule has 3 atom stereocenters. The number of hydrogen-bond donors (Lipinski definition) is 0. The second-order valence-electron chi connectivity index (χ2n) is 10.1. The lowest BCUT2D eigenvalue weighted by Gasteiger charge is -2.35. The van der Waals surface area contributed by atoms with Gasteiger partial charge in [-0.25, -0.2) is 9.78 Å². The van der Waals surface area contributed by atoms with E-state index < -0.39 is 5.97 Å². The molecule has 6 heteroatoms. The third-order valence-electron chi connectivity index (χ3n) is 6.86. The summed E-state index contributed by atoms with van der Waals surface area (Å²) in [6.45, 7) is 6.79. The average molecular weight is 485 g/mol. The maximum Gasteiger partial charge on any atom is 0.339 e. The molecule has 0 spiro atoms. The SMILES string of the molecule is CC1C/C(=C\c2ccccc2)c2nc3ccccc3c(C(=O)OCC(=O)N3CC(C)OC(C)C3)c2C1. The number of rotatable bonds is 4. The average Bonchev–Trinajstić information content (AvgIpc) is 2.86. The van der Waals surface area contributed by atoms with Gasteiger partial charge in [0.2, 0.25) is 0 Å². The van der Waals surface area contributed by atoms with Gasteiger partial charge in [-0.15, -0.1) is 0 Å². The van der Waals surface area contributed by atoms with Crippen molar-refractivity contribution in [3.63, 3.8) is 0 Å². The summed E-state index contributed by atoms with van der Waals surface area (Å²) >= 11 is 0. The van der Waals surface area contributed by atoms with Crippen molar-refractivity contribution in [3.8, 4) is 0 Å². The van der Waals surface area contributed by atoms with Gasteiger partial charge in [-0.2, -0.15) is 0 Å². The zero-order valence-corrected chi connectivity index (χ0v) is 21.1. The van der Waals surface area contributed by atoms with E-state index in [4.69, 9.17) is 14.5 Å². The highest BCUT2D eigenvalue weighted by atomic mass is 16.5. The van der Waals surface area contributed by atoms with Crippen LogP contribution in [0.5, 0.6) is 0 Å². The van der Waals surface area contributed by atoms with E-state index in [0.29, 0.717) is 24.6 Å². The van der Waals surface area contributed by atoms with Gasteiger partial charge >= 0.3 is 5.97 Å². The van der Waals surface area contributed by atoms with E-state index in [0.717, 1.165) is 46.1 Å². The predicted molar refractivity (Wildman–Crippen MR) is 140 cm³/mol. The Hall–Kier alpha value is -3.51.